The van der Waals surface area contributed by atoms with E-state index in [1.54, 1.807) is 51.2 Å². The number of halogens is 1. The van der Waals surface area contributed by atoms with Gasteiger partial charge in [0.25, 0.3) is 10.0 Å². The Bertz CT molecular complexity index is 1120. The second-order valence-corrected chi connectivity index (χ2v) is 9.28. The van der Waals surface area contributed by atoms with Crippen LogP contribution in [0.5, 0.6) is 0 Å². The van der Waals surface area contributed by atoms with Crippen molar-refractivity contribution in [3.05, 3.63) is 53.9 Å². The van der Waals surface area contributed by atoms with E-state index in [1.165, 1.54) is 22.9 Å². The number of carbonyl (C=O) groups excluding carboxylic acids is 1. The Balaban J connectivity index is 2.10. The highest BCUT2D eigenvalue weighted by Crippen LogP contribution is 2.28. The number of benzene rings is 1. The largest absolute Gasteiger partial charge is 0.459 e. The Morgan fingerprint density at radius 1 is 1.25 bits per heavy atom. The van der Waals surface area contributed by atoms with Crippen LogP contribution in [0.15, 0.2) is 53.8 Å². The fourth-order valence-electron chi connectivity index (χ4n) is 2.58. The van der Waals surface area contributed by atoms with E-state index < -0.39 is 28.1 Å². The molecule has 3 rings (SSSR count). The van der Waals surface area contributed by atoms with E-state index in [4.69, 9.17) is 16.3 Å². The first-order valence-electron chi connectivity index (χ1n) is 8.36. The van der Waals surface area contributed by atoms with E-state index in [1.807, 2.05) is 0 Å². The number of esters is 1. The van der Waals surface area contributed by atoms with Crippen molar-refractivity contribution >= 4 is 38.9 Å². The molecule has 0 aliphatic heterocycles. The molecule has 1 aromatic carbocycles. The molecule has 0 N–H and O–H groups in total. The zero-order valence-corrected chi connectivity index (χ0v) is 17.1. The molecule has 3 aromatic rings. The topological polar surface area (TPSA) is 93.9 Å². The summed E-state index contributed by atoms with van der Waals surface area (Å²) in [6.07, 6.45) is 3.03. The smallest absolute Gasteiger partial charge is 0.327 e. The van der Waals surface area contributed by atoms with Crippen LogP contribution in [0.4, 0.5) is 5.69 Å². The fourth-order valence-corrected chi connectivity index (χ4v) is 4.30. The molecule has 0 aliphatic rings. The first kappa shape index (κ1) is 20.1. The second-order valence-electron chi connectivity index (χ2n) is 7.01. The zero-order valence-electron chi connectivity index (χ0n) is 15.5. The molecule has 0 unspecified atom stereocenters. The summed E-state index contributed by atoms with van der Waals surface area (Å²) >= 11 is 6.04. The van der Waals surface area contributed by atoms with Gasteiger partial charge in [-0.3, -0.25) is 13.5 Å². The maximum Gasteiger partial charge on any atom is 0.327 e. The van der Waals surface area contributed by atoms with Gasteiger partial charge in [-0.05, 0) is 51.1 Å². The maximum absolute atomic E-state index is 13.5. The summed E-state index contributed by atoms with van der Waals surface area (Å²) in [6, 6.07) is 9.21. The van der Waals surface area contributed by atoms with Gasteiger partial charge >= 0.3 is 5.97 Å². The minimum atomic E-state index is -4.17. The molecule has 2 aromatic heterocycles. The summed E-state index contributed by atoms with van der Waals surface area (Å²) in [5, 5.41) is 7.97. The summed E-state index contributed by atoms with van der Waals surface area (Å²) in [5.74, 6) is -0.690. The predicted octanol–water partition coefficient (Wildman–Crippen LogP) is 2.92. The Hall–Kier alpha value is -2.65. The molecular weight excluding hydrogens is 404 g/mol. The Morgan fingerprint density at radius 2 is 2.00 bits per heavy atom. The molecule has 0 atom stereocenters. The Kier molecular flexibility index (Phi) is 5.31. The number of rotatable bonds is 5. The van der Waals surface area contributed by atoms with Gasteiger partial charge in [-0.2, -0.15) is 0 Å². The van der Waals surface area contributed by atoms with Crippen molar-refractivity contribution in [2.75, 3.05) is 10.8 Å². The van der Waals surface area contributed by atoms with Crippen LogP contribution < -0.4 is 4.31 Å². The number of carbonyl (C=O) groups is 1. The van der Waals surface area contributed by atoms with Gasteiger partial charge in [0.15, 0.2) is 5.65 Å². The monoisotopic (exact) mass is 422 g/mol. The van der Waals surface area contributed by atoms with Gasteiger partial charge in [0.2, 0.25) is 0 Å². The highest BCUT2D eigenvalue weighted by molar-refractivity contribution is 7.93. The average molecular weight is 423 g/mol. The predicted molar refractivity (Wildman–Crippen MR) is 105 cm³/mol. The molecule has 10 heteroatoms. The molecule has 2 heterocycles. The second kappa shape index (κ2) is 7.40. The van der Waals surface area contributed by atoms with Crippen LogP contribution in [0.1, 0.15) is 20.8 Å². The average Bonchev–Trinajstić information content (AvgIpc) is 3.06. The first-order chi connectivity index (χ1) is 13.1. The lowest BCUT2D eigenvalue weighted by molar-refractivity contribution is -0.152. The molecule has 0 radical (unpaired) electrons. The fraction of sp³-hybridized carbons (Fsp3) is 0.278. The number of hydrogen-bond donors (Lipinski definition) is 0. The van der Waals surface area contributed by atoms with Crippen LogP contribution in [0.2, 0.25) is 5.02 Å². The quantitative estimate of drug-likeness (QED) is 0.587. The van der Waals surface area contributed by atoms with Crippen molar-refractivity contribution in [3.8, 4) is 0 Å². The summed E-state index contributed by atoms with van der Waals surface area (Å²) in [7, 11) is -4.17. The first-order valence-corrected chi connectivity index (χ1v) is 10.2. The van der Waals surface area contributed by atoms with Gasteiger partial charge in [0, 0.05) is 11.2 Å². The third kappa shape index (κ3) is 4.26. The van der Waals surface area contributed by atoms with Gasteiger partial charge in [-0.1, -0.05) is 17.7 Å². The number of ether oxygens (including phenoxy) is 1. The number of fused-ring (bicyclic) bond motifs is 1. The molecule has 0 aliphatic carbocycles. The number of pyridine rings is 1. The summed E-state index contributed by atoms with van der Waals surface area (Å²) in [5.41, 5.74) is -0.368. The summed E-state index contributed by atoms with van der Waals surface area (Å²) in [4.78, 5) is 12.3. The lowest BCUT2D eigenvalue weighted by Gasteiger charge is -2.26. The van der Waals surface area contributed by atoms with Crippen LogP contribution in [-0.4, -0.2) is 41.1 Å². The van der Waals surface area contributed by atoms with E-state index in [0.29, 0.717) is 5.02 Å². The van der Waals surface area contributed by atoms with Crippen molar-refractivity contribution in [2.24, 2.45) is 0 Å². The minimum absolute atomic E-state index is 0.0870. The highest BCUT2D eigenvalue weighted by Gasteiger charge is 2.31. The number of nitrogens with zero attached hydrogens (tertiary/aromatic N) is 4. The molecule has 0 saturated heterocycles. The number of sulfonamides is 1. The van der Waals surface area contributed by atoms with E-state index in [-0.39, 0.29) is 16.2 Å². The molecule has 0 saturated carbocycles. The standard InChI is InChI=1S/C18H19ClN4O4S/c1-18(2,3)27-16(24)11-23(14-7-4-6-13(19)10-14)28(25,26)15-8-5-9-22-12-20-21-17(15)22/h4-10,12H,11H2,1-3H3. The van der Waals surface area contributed by atoms with E-state index in [9.17, 15) is 13.2 Å². The maximum atomic E-state index is 13.5. The molecule has 0 amide bonds. The van der Waals surface area contributed by atoms with Crippen molar-refractivity contribution in [2.45, 2.75) is 31.3 Å². The van der Waals surface area contributed by atoms with Gasteiger partial charge in [0.1, 0.15) is 23.4 Å². The van der Waals surface area contributed by atoms with Crippen LogP contribution in [-0.2, 0) is 19.6 Å². The molecule has 28 heavy (non-hydrogen) atoms. The molecule has 0 fully saturated rings. The van der Waals surface area contributed by atoms with Crippen molar-refractivity contribution < 1.29 is 17.9 Å². The Morgan fingerprint density at radius 3 is 2.68 bits per heavy atom. The highest BCUT2D eigenvalue weighted by atomic mass is 35.5. The lowest BCUT2D eigenvalue weighted by Crippen LogP contribution is -2.39. The lowest BCUT2D eigenvalue weighted by atomic mass is 10.2. The van der Waals surface area contributed by atoms with Crippen molar-refractivity contribution in [1.82, 2.24) is 14.6 Å². The van der Waals surface area contributed by atoms with Crippen LogP contribution in [0, 0.1) is 0 Å². The van der Waals surface area contributed by atoms with Gasteiger partial charge in [-0.25, -0.2) is 8.42 Å². The normalized spacial score (nSPS) is 12.1. The van der Waals surface area contributed by atoms with Crippen molar-refractivity contribution in [3.63, 3.8) is 0 Å². The van der Waals surface area contributed by atoms with Crippen LogP contribution in [0.25, 0.3) is 5.65 Å². The molecule has 0 spiro atoms. The summed E-state index contributed by atoms with van der Waals surface area (Å²) in [6.45, 7) is 4.61. The third-order valence-corrected chi connectivity index (χ3v) is 5.67. The van der Waals surface area contributed by atoms with Gasteiger partial charge in [0.05, 0.1) is 5.69 Å². The van der Waals surface area contributed by atoms with E-state index in [2.05, 4.69) is 10.2 Å². The van der Waals surface area contributed by atoms with Crippen LogP contribution >= 0.6 is 11.6 Å². The van der Waals surface area contributed by atoms with Crippen molar-refractivity contribution in [1.29, 1.82) is 0 Å². The SMILES string of the molecule is CC(C)(C)OC(=O)CN(c1cccc(Cl)c1)S(=O)(=O)c1cccn2cnnc12. The van der Waals surface area contributed by atoms with E-state index >= 15 is 0 Å². The van der Waals surface area contributed by atoms with Gasteiger partial charge in [-0.15, -0.1) is 10.2 Å². The van der Waals surface area contributed by atoms with E-state index in [0.717, 1.165) is 4.31 Å². The van der Waals surface area contributed by atoms with Gasteiger partial charge < -0.3 is 4.74 Å². The number of aromatic nitrogens is 3. The zero-order chi connectivity index (χ0) is 20.5. The van der Waals surface area contributed by atoms with Crippen LogP contribution in [0.3, 0.4) is 0 Å². The Labute approximate surface area is 167 Å². The molecular formula is C18H19ClN4O4S. The third-order valence-electron chi connectivity index (χ3n) is 3.64. The number of anilines is 1. The molecule has 0 bridgehead atoms. The minimum Gasteiger partial charge on any atom is -0.459 e. The molecule has 148 valence electrons. The molecule has 8 nitrogen and oxygen atoms in total. The summed E-state index contributed by atoms with van der Waals surface area (Å²) < 4.78 is 34.7. The number of hydrogen-bond acceptors (Lipinski definition) is 6.